The molecule has 1 N–H and O–H groups in total. The van der Waals surface area contributed by atoms with Crippen molar-refractivity contribution in [1.82, 2.24) is 0 Å². The summed E-state index contributed by atoms with van der Waals surface area (Å²) in [5.41, 5.74) is 1.22. The van der Waals surface area contributed by atoms with Gasteiger partial charge in [0.1, 0.15) is 11.4 Å². The minimum atomic E-state index is -0.554. The molecule has 5 heteroatoms. The van der Waals surface area contributed by atoms with Gasteiger partial charge in [0.05, 0.1) is 29.1 Å². The van der Waals surface area contributed by atoms with E-state index in [-0.39, 0.29) is 5.97 Å². The van der Waals surface area contributed by atoms with E-state index in [9.17, 15) is 4.79 Å². The highest BCUT2D eigenvalue weighted by Crippen LogP contribution is 2.31. The van der Waals surface area contributed by atoms with Gasteiger partial charge < -0.3 is 14.8 Å². The van der Waals surface area contributed by atoms with Crippen LogP contribution in [0.4, 0.5) is 11.4 Å². The van der Waals surface area contributed by atoms with Crippen molar-refractivity contribution in [3.05, 3.63) is 53.1 Å². The third-order valence-electron chi connectivity index (χ3n) is 2.99. The van der Waals surface area contributed by atoms with Gasteiger partial charge in [0.25, 0.3) is 0 Å². The predicted molar refractivity (Wildman–Crippen MR) is 92.9 cm³/mol. The van der Waals surface area contributed by atoms with Gasteiger partial charge in [-0.1, -0.05) is 23.7 Å². The Morgan fingerprint density at radius 2 is 1.78 bits per heavy atom. The molecule has 0 fully saturated rings. The van der Waals surface area contributed by atoms with E-state index >= 15 is 0 Å². The van der Waals surface area contributed by atoms with Crippen molar-refractivity contribution in [2.75, 3.05) is 12.4 Å². The average Bonchev–Trinajstić information content (AvgIpc) is 2.48. The van der Waals surface area contributed by atoms with Crippen LogP contribution in [-0.2, 0) is 4.74 Å². The minimum absolute atomic E-state index is 0.384. The van der Waals surface area contributed by atoms with Crippen LogP contribution < -0.4 is 10.1 Å². The lowest BCUT2D eigenvalue weighted by Gasteiger charge is -2.21. The van der Waals surface area contributed by atoms with Crippen molar-refractivity contribution in [3.8, 4) is 5.75 Å². The molecule has 0 radical (unpaired) electrons. The Kier molecular flexibility index (Phi) is 5.16. The Morgan fingerprint density at radius 1 is 1.09 bits per heavy atom. The van der Waals surface area contributed by atoms with Gasteiger partial charge in [0, 0.05) is 6.07 Å². The third-order valence-corrected chi connectivity index (χ3v) is 3.30. The van der Waals surface area contributed by atoms with Crippen molar-refractivity contribution in [3.63, 3.8) is 0 Å². The minimum Gasteiger partial charge on any atom is -0.497 e. The number of hydrogen-bond acceptors (Lipinski definition) is 4. The summed E-state index contributed by atoms with van der Waals surface area (Å²) in [4.78, 5) is 12.3. The molecule has 0 unspecified atom stereocenters. The van der Waals surface area contributed by atoms with Gasteiger partial charge in [-0.15, -0.1) is 0 Å². The van der Waals surface area contributed by atoms with Crippen LogP contribution in [-0.4, -0.2) is 18.7 Å². The number of esters is 1. The molecule has 0 saturated heterocycles. The van der Waals surface area contributed by atoms with Crippen LogP contribution in [0.15, 0.2) is 42.5 Å². The van der Waals surface area contributed by atoms with Crippen LogP contribution in [0.2, 0.25) is 5.02 Å². The first kappa shape index (κ1) is 17.2. The first-order chi connectivity index (χ1) is 10.8. The lowest BCUT2D eigenvalue weighted by Crippen LogP contribution is -2.24. The number of para-hydroxylation sites is 1. The summed E-state index contributed by atoms with van der Waals surface area (Å²) in [5, 5.41) is 3.67. The molecule has 0 aliphatic carbocycles. The fourth-order valence-electron chi connectivity index (χ4n) is 1.97. The zero-order valence-electron chi connectivity index (χ0n) is 13.6. The molecule has 0 heterocycles. The maximum atomic E-state index is 12.3. The van der Waals surface area contributed by atoms with E-state index in [1.54, 1.807) is 43.5 Å². The van der Waals surface area contributed by atoms with E-state index in [1.165, 1.54) is 0 Å². The van der Waals surface area contributed by atoms with Gasteiger partial charge >= 0.3 is 5.97 Å². The number of halogens is 1. The van der Waals surface area contributed by atoms with E-state index < -0.39 is 5.60 Å². The van der Waals surface area contributed by atoms with E-state index in [0.29, 0.717) is 27.7 Å². The zero-order chi connectivity index (χ0) is 17.0. The molecule has 122 valence electrons. The highest BCUT2D eigenvalue weighted by Gasteiger charge is 2.20. The Hall–Kier alpha value is -2.20. The quantitative estimate of drug-likeness (QED) is 0.795. The number of carbonyl (C=O) groups is 1. The monoisotopic (exact) mass is 333 g/mol. The number of benzene rings is 2. The highest BCUT2D eigenvalue weighted by atomic mass is 35.5. The smallest absolute Gasteiger partial charge is 0.340 e. The zero-order valence-corrected chi connectivity index (χ0v) is 14.4. The topological polar surface area (TPSA) is 47.6 Å². The average molecular weight is 334 g/mol. The number of methoxy groups -OCH3 is 1. The fourth-order valence-corrected chi connectivity index (χ4v) is 2.19. The van der Waals surface area contributed by atoms with E-state index in [0.717, 1.165) is 0 Å². The lowest BCUT2D eigenvalue weighted by atomic mass is 10.1. The largest absolute Gasteiger partial charge is 0.497 e. The third kappa shape index (κ3) is 4.63. The lowest BCUT2D eigenvalue weighted by molar-refractivity contribution is 0.00707. The second-order valence-corrected chi connectivity index (χ2v) is 6.43. The molecule has 23 heavy (non-hydrogen) atoms. The summed E-state index contributed by atoms with van der Waals surface area (Å²) < 4.78 is 10.6. The molecule has 4 nitrogen and oxygen atoms in total. The molecule has 2 rings (SSSR count). The number of rotatable bonds is 4. The molecular formula is C18H20ClNO3. The molecule has 0 amide bonds. The van der Waals surface area contributed by atoms with Gasteiger partial charge in [0.2, 0.25) is 0 Å². The van der Waals surface area contributed by atoms with Crippen LogP contribution in [0.1, 0.15) is 31.1 Å². The van der Waals surface area contributed by atoms with E-state index in [4.69, 9.17) is 21.1 Å². The number of anilines is 2. The molecule has 0 aliphatic rings. The van der Waals surface area contributed by atoms with Crippen LogP contribution in [0.25, 0.3) is 0 Å². The maximum absolute atomic E-state index is 12.3. The van der Waals surface area contributed by atoms with Gasteiger partial charge in [-0.3, -0.25) is 0 Å². The molecule has 0 aromatic heterocycles. The van der Waals surface area contributed by atoms with Crippen molar-refractivity contribution in [2.24, 2.45) is 0 Å². The Labute approximate surface area is 141 Å². The van der Waals surface area contributed by atoms with Gasteiger partial charge in [-0.05, 0) is 45.0 Å². The number of nitrogens with one attached hydrogen (secondary N) is 1. The number of ether oxygens (including phenoxy) is 2. The Bertz CT molecular complexity index is 708. The second-order valence-electron chi connectivity index (χ2n) is 6.02. The summed E-state index contributed by atoms with van der Waals surface area (Å²) in [6, 6.07) is 12.5. The maximum Gasteiger partial charge on any atom is 0.340 e. The van der Waals surface area contributed by atoms with Gasteiger partial charge in [-0.25, -0.2) is 4.79 Å². The molecule has 2 aromatic rings. The van der Waals surface area contributed by atoms with Crippen molar-refractivity contribution in [2.45, 2.75) is 26.4 Å². The molecule has 2 aromatic carbocycles. The molecular weight excluding hydrogens is 314 g/mol. The summed E-state index contributed by atoms with van der Waals surface area (Å²) in [6.07, 6.45) is 0. The predicted octanol–water partition coefficient (Wildman–Crippen LogP) is 5.05. The number of carbonyl (C=O) groups excluding carboxylic acids is 1. The molecule has 0 saturated carbocycles. The van der Waals surface area contributed by atoms with Crippen molar-refractivity contribution >= 4 is 28.9 Å². The molecule has 0 bridgehead atoms. The highest BCUT2D eigenvalue weighted by molar-refractivity contribution is 6.33. The number of hydrogen-bond donors (Lipinski definition) is 1. The van der Waals surface area contributed by atoms with E-state index in [1.807, 2.05) is 26.8 Å². The summed E-state index contributed by atoms with van der Waals surface area (Å²) in [7, 11) is 1.58. The standard InChI is InChI=1S/C18H20ClNO3/c1-18(2,3)23-17(21)13-7-5-6-8-15(13)20-16-10-9-12(22-4)11-14(16)19/h5-11,20H,1-4H3. The normalized spacial score (nSPS) is 11.0. The second kappa shape index (κ2) is 6.92. The summed E-state index contributed by atoms with van der Waals surface area (Å²) >= 11 is 6.24. The van der Waals surface area contributed by atoms with Crippen LogP contribution in [0.5, 0.6) is 5.75 Å². The Morgan fingerprint density at radius 3 is 2.39 bits per heavy atom. The van der Waals surface area contributed by atoms with Crippen molar-refractivity contribution < 1.29 is 14.3 Å². The SMILES string of the molecule is COc1ccc(Nc2ccccc2C(=O)OC(C)(C)C)c(Cl)c1. The summed E-state index contributed by atoms with van der Waals surface area (Å²) in [5.74, 6) is 0.284. The molecule has 0 spiro atoms. The first-order valence-electron chi connectivity index (χ1n) is 7.23. The fraction of sp³-hybridized carbons (Fsp3) is 0.278. The summed E-state index contributed by atoms with van der Waals surface area (Å²) in [6.45, 7) is 5.50. The first-order valence-corrected chi connectivity index (χ1v) is 7.61. The molecule has 0 atom stereocenters. The molecule has 0 aliphatic heterocycles. The van der Waals surface area contributed by atoms with Crippen LogP contribution in [0, 0.1) is 0 Å². The van der Waals surface area contributed by atoms with Crippen molar-refractivity contribution in [1.29, 1.82) is 0 Å². The van der Waals surface area contributed by atoms with Crippen LogP contribution in [0.3, 0.4) is 0 Å². The van der Waals surface area contributed by atoms with E-state index in [2.05, 4.69) is 5.32 Å². The van der Waals surface area contributed by atoms with Gasteiger partial charge in [-0.2, -0.15) is 0 Å². The van der Waals surface area contributed by atoms with Gasteiger partial charge in [0.15, 0.2) is 0 Å². The van der Waals surface area contributed by atoms with Crippen LogP contribution >= 0.6 is 11.6 Å². The Balaban J connectivity index is 2.29.